The third-order valence-electron chi connectivity index (χ3n) is 5.86. The normalized spacial score (nSPS) is 12.2. The molecule has 0 aliphatic heterocycles. The van der Waals surface area contributed by atoms with Crippen molar-refractivity contribution in [3.63, 3.8) is 0 Å². The zero-order chi connectivity index (χ0) is 29.1. The smallest absolute Gasteiger partial charge is 0.422 e. The van der Waals surface area contributed by atoms with Crippen LogP contribution in [0.3, 0.4) is 0 Å². The summed E-state index contributed by atoms with van der Waals surface area (Å²) in [5, 5.41) is 31.6. The van der Waals surface area contributed by atoms with E-state index in [0.717, 1.165) is 0 Å². The Morgan fingerprint density at radius 3 is 2.48 bits per heavy atom. The van der Waals surface area contributed by atoms with Crippen molar-refractivity contribution < 1.29 is 24.4 Å². The molecule has 0 aliphatic rings. The first kappa shape index (κ1) is 29.6. The second-order valence-electron chi connectivity index (χ2n) is 8.65. The summed E-state index contributed by atoms with van der Waals surface area (Å²) in [5.41, 5.74) is 1.50. The third-order valence-corrected chi connectivity index (χ3v) is 5.86. The van der Waals surface area contributed by atoms with E-state index in [1.54, 1.807) is 61.5 Å². The molecule has 2 aromatic carbocycles. The standard InChI is InChI=1S/C28H27BN6O5/c1-3-21(17-30)28(38)35(2)22-11-7-10-20(14-22)15-23(33-27(37)24-18-31-12-13-32-24)26(36)34-25(29(39)40)16-19-8-5-4-6-9-19/h3-14,18,23,39-40H,15-16H2,1-2H3,(H,33,37)/b21-3+,34-25?/t23-/m0/s1. The zero-order valence-corrected chi connectivity index (χ0v) is 21.9. The van der Waals surface area contributed by atoms with Crippen LogP contribution >= 0.6 is 0 Å². The summed E-state index contributed by atoms with van der Waals surface area (Å²) >= 11 is 0. The van der Waals surface area contributed by atoms with Crippen LogP contribution in [0.15, 0.2) is 89.8 Å². The first-order valence-corrected chi connectivity index (χ1v) is 12.2. The number of hydrogen-bond acceptors (Lipinski definition) is 8. The molecule has 3 amide bonds. The number of hydrogen-bond donors (Lipinski definition) is 3. The highest BCUT2D eigenvalue weighted by Crippen LogP contribution is 2.19. The average molecular weight is 538 g/mol. The Morgan fingerprint density at radius 2 is 1.85 bits per heavy atom. The summed E-state index contributed by atoms with van der Waals surface area (Å²) in [5.74, 6) is -1.99. The van der Waals surface area contributed by atoms with Gasteiger partial charge in [-0.3, -0.25) is 19.4 Å². The molecular weight excluding hydrogens is 511 g/mol. The number of likely N-dealkylation sites (N-methyl/N-ethyl adjacent to an activating group) is 1. The fourth-order valence-electron chi connectivity index (χ4n) is 3.72. The fourth-order valence-corrected chi connectivity index (χ4v) is 3.72. The van der Waals surface area contributed by atoms with Gasteiger partial charge in [0.25, 0.3) is 17.7 Å². The monoisotopic (exact) mass is 538 g/mol. The molecule has 40 heavy (non-hydrogen) atoms. The molecule has 0 spiro atoms. The molecule has 0 saturated carbocycles. The summed E-state index contributed by atoms with van der Waals surface area (Å²) in [4.78, 5) is 51.9. The molecule has 1 heterocycles. The van der Waals surface area contributed by atoms with Crippen molar-refractivity contribution in [1.82, 2.24) is 15.3 Å². The molecule has 0 saturated heterocycles. The van der Waals surface area contributed by atoms with E-state index < -0.39 is 30.9 Å². The minimum Gasteiger partial charge on any atom is -0.422 e. The lowest BCUT2D eigenvalue weighted by Crippen LogP contribution is -2.43. The van der Waals surface area contributed by atoms with Crippen molar-refractivity contribution in [3.05, 3.63) is 102 Å². The molecule has 0 radical (unpaired) electrons. The largest absolute Gasteiger partial charge is 0.504 e. The van der Waals surface area contributed by atoms with Gasteiger partial charge in [-0.05, 0) is 30.2 Å². The van der Waals surface area contributed by atoms with Crippen LogP contribution < -0.4 is 10.2 Å². The predicted octanol–water partition coefficient (Wildman–Crippen LogP) is 1.47. The molecule has 3 aromatic rings. The van der Waals surface area contributed by atoms with Crippen LogP contribution in [0.2, 0.25) is 0 Å². The van der Waals surface area contributed by atoms with Gasteiger partial charge in [0.05, 0.1) is 11.8 Å². The highest BCUT2D eigenvalue weighted by atomic mass is 16.4. The minimum absolute atomic E-state index is 0.00361. The van der Waals surface area contributed by atoms with Gasteiger partial charge in [0.15, 0.2) is 0 Å². The van der Waals surface area contributed by atoms with Crippen molar-refractivity contribution in [2.24, 2.45) is 4.99 Å². The lowest BCUT2D eigenvalue weighted by molar-refractivity contribution is -0.119. The number of carbonyl (C=O) groups is 3. The second-order valence-corrected chi connectivity index (χ2v) is 8.65. The van der Waals surface area contributed by atoms with E-state index in [1.807, 2.05) is 6.07 Å². The molecule has 0 bridgehead atoms. The Labute approximate surface area is 231 Å². The molecule has 202 valence electrons. The SMILES string of the molecule is C/C=C(\C#N)C(=O)N(C)c1cccc(C[C@H](NC(=O)c2cnccn2)C(=O)N=C(Cc2ccccc2)B(O)O)c1. The molecule has 1 aromatic heterocycles. The summed E-state index contributed by atoms with van der Waals surface area (Å²) in [6, 6.07) is 16.2. The number of benzene rings is 2. The van der Waals surface area contributed by atoms with E-state index in [-0.39, 0.29) is 29.7 Å². The maximum atomic E-state index is 13.3. The van der Waals surface area contributed by atoms with Crippen molar-refractivity contribution in [2.45, 2.75) is 25.8 Å². The van der Waals surface area contributed by atoms with Gasteiger partial charge in [-0.1, -0.05) is 48.5 Å². The molecule has 11 nitrogen and oxygen atoms in total. The van der Waals surface area contributed by atoms with Crippen molar-refractivity contribution >= 4 is 36.1 Å². The van der Waals surface area contributed by atoms with E-state index >= 15 is 0 Å². The van der Waals surface area contributed by atoms with Crippen molar-refractivity contribution in [3.8, 4) is 6.07 Å². The van der Waals surface area contributed by atoms with E-state index in [0.29, 0.717) is 16.8 Å². The number of nitriles is 1. The average Bonchev–Trinajstić information content (AvgIpc) is 2.97. The Morgan fingerprint density at radius 1 is 1.12 bits per heavy atom. The number of amides is 3. The van der Waals surface area contributed by atoms with Crippen LogP contribution in [-0.2, 0) is 22.4 Å². The Kier molecular flexibility index (Phi) is 10.5. The minimum atomic E-state index is -2.00. The van der Waals surface area contributed by atoms with Crippen molar-refractivity contribution in [2.75, 3.05) is 11.9 Å². The molecule has 3 N–H and O–H groups in total. The van der Waals surface area contributed by atoms with Gasteiger partial charge in [0.2, 0.25) is 0 Å². The van der Waals surface area contributed by atoms with Gasteiger partial charge in [0, 0.05) is 38.0 Å². The molecule has 12 heteroatoms. The quantitative estimate of drug-likeness (QED) is 0.151. The second kappa shape index (κ2) is 14.2. The number of aromatic nitrogens is 2. The Hall–Kier alpha value is -4.99. The number of nitrogens with one attached hydrogen (secondary N) is 1. The number of rotatable bonds is 10. The number of anilines is 1. The molecule has 0 unspecified atom stereocenters. The van der Waals surface area contributed by atoms with Gasteiger partial charge in [-0.2, -0.15) is 5.26 Å². The van der Waals surface area contributed by atoms with Crippen LogP contribution in [0.5, 0.6) is 0 Å². The first-order valence-electron chi connectivity index (χ1n) is 12.2. The van der Waals surface area contributed by atoms with Gasteiger partial charge in [0.1, 0.15) is 23.4 Å². The van der Waals surface area contributed by atoms with Crippen LogP contribution in [0.25, 0.3) is 0 Å². The number of nitrogens with zero attached hydrogens (tertiary/aromatic N) is 5. The molecule has 3 rings (SSSR count). The van der Waals surface area contributed by atoms with Crippen LogP contribution in [0.4, 0.5) is 5.69 Å². The number of allylic oxidation sites excluding steroid dienone is 1. The molecule has 0 aliphatic carbocycles. The maximum absolute atomic E-state index is 13.3. The summed E-state index contributed by atoms with van der Waals surface area (Å²) < 4.78 is 0. The Bertz CT molecular complexity index is 1450. The van der Waals surface area contributed by atoms with Gasteiger partial charge in [-0.25, -0.2) is 9.98 Å². The zero-order valence-electron chi connectivity index (χ0n) is 21.9. The number of aliphatic imine (C=N–C) groups is 1. The molecular formula is C28H27BN6O5. The summed E-state index contributed by atoms with van der Waals surface area (Å²) in [6.07, 6.45) is 5.36. The van der Waals surface area contributed by atoms with E-state index in [1.165, 1.54) is 36.6 Å². The van der Waals surface area contributed by atoms with E-state index in [2.05, 4.69) is 20.3 Å². The van der Waals surface area contributed by atoms with Crippen molar-refractivity contribution in [1.29, 1.82) is 5.26 Å². The predicted molar refractivity (Wildman–Crippen MR) is 149 cm³/mol. The van der Waals surface area contributed by atoms with E-state index in [9.17, 15) is 29.7 Å². The first-order chi connectivity index (χ1) is 19.2. The summed E-state index contributed by atoms with van der Waals surface area (Å²) in [6.45, 7) is 1.59. The third kappa shape index (κ3) is 8.01. The summed E-state index contributed by atoms with van der Waals surface area (Å²) in [7, 11) is -0.478. The highest BCUT2D eigenvalue weighted by molar-refractivity contribution is 6.80. The van der Waals surface area contributed by atoms with Crippen LogP contribution in [-0.4, -0.2) is 63.6 Å². The number of carbonyl (C=O) groups excluding carboxylic acids is 3. The highest BCUT2D eigenvalue weighted by Gasteiger charge is 2.26. The van der Waals surface area contributed by atoms with Gasteiger partial charge < -0.3 is 20.3 Å². The lowest BCUT2D eigenvalue weighted by atomic mass is 9.79. The maximum Gasteiger partial charge on any atom is 0.504 e. The van der Waals surface area contributed by atoms with Crippen LogP contribution in [0.1, 0.15) is 28.5 Å². The Balaban J connectivity index is 1.92. The van der Waals surface area contributed by atoms with Gasteiger partial charge in [-0.15, -0.1) is 0 Å². The fraction of sp³-hybridized carbons (Fsp3) is 0.179. The molecule has 0 fully saturated rings. The van der Waals surface area contributed by atoms with E-state index in [4.69, 9.17) is 0 Å². The lowest BCUT2D eigenvalue weighted by Gasteiger charge is -2.20. The van der Waals surface area contributed by atoms with Gasteiger partial charge >= 0.3 is 7.12 Å². The topological polar surface area (TPSA) is 169 Å². The molecule has 1 atom stereocenters. The van der Waals surface area contributed by atoms with Crippen LogP contribution in [0, 0.1) is 11.3 Å².